The predicted octanol–water partition coefficient (Wildman–Crippen LogP) is 4.70. The summed E-state index contributed by atoms with van der Waals surface area (Å²) in [7, 11) is 3.55. The smallest absolute Gasteiger partial charge is 0.219 e. The average molecular weight is 569 g/mol. The van der Waals surface area contributed by atoms with Crippen molar-refractivity contribution in [3.8, 4) is 11.6 Å². The summed E-state index contributed by atoms with van der Waals surface area (Å²) in [6, 6.07) is 10.0. The van der Waals surface area contributed by atoms with Crippen LogP contribution >= 0.6 is 24.0 Å². The molecule has 0 unspecified atom stereocenters. The number of nitrogens with zero attached hydrogens (tertiary/aromatic N) is 3. The van der Waals surface area contributed by atoms with Crippen LogP contribution in [0.15, 0.2) is 41.5 Å². The first-order chi connectivity index (χ1) is 15.6. The highest BCUT2D eigenvalue weighted by atomic mass is 127. The van der Waals surface area contributed by atoms with E-state index < -0.39 is 0 Å². The van der Waals surface area contributed by atoms with Crippen LogP contribution in [0.2, 0.25) is 0 Å². The number of guanidine groups is 1. The zero-order valence-electron chi connectivity index (χ0n) is 20.2. The Morgan fingerprint density at radius 2 is 1.91 bits per heavy atom. The van der Waals surface area contributed by atoms with E-state index in [0.29, 0.717) is 18.5 Å². The van der Waals surface area contributed by atoms with Gasteiger partial charge in [-0.3, -0.25) is 4.99 Å². The van der Waals surface area contributed by atoms with E-state index in [9.17, 15) is 0 Å². The number of ether oxygens (including phenoxy) is 3. The van der Waals surface area contributed by atoms with Crippen LogP contribution in [0.4, 0.5) is 0 Å². The van der Waals surface area contributed by atoms with Crippen LogP contribution in [0.25, 0.3) is 0 Å². The molecule has 182 valence electrons. The molecule has 2 aromatic rings. The lowest BCUT2D eigenvalue weighted by Crippen LogP contribution is -2.46. The number of aryl methyl sites for hydroxylation is 2. The Kier molecular flexibility index (Phi) is 11.9. The molecule has 3 rings (SSSR count). The number of aliphatic imine (C=N–C) groups is 1. The molecule has 0 bridgehead atoms. The number of nitrogens with one attached hydrogen (secondary N) is 1. The van der Waals surface area contributed by atoms with Crippen molar-refractivity contribution < 1.29 is 14.2 Å². The number of hydrogen-bond acceptors (Lipinski definition) is 5. The van der Waals surface area contributed by atoms with Gasteiger partial charge in [-0.25, -0.2) is 4.98 Å². The molecule has 0 atom stereocenters. The van der Waals surface area contributed by atoms with Crippen molar-refractivity contribution in [1.29, 1.82) is 0 Å². The number of methoxy groups -OCH3 is 1. The maximum absolute atomic E-state index is 5.96. The predicted molar refractivity (Wildman–Crippen MR) is 143 cm³/mol. The topological polar surface area (TPSA) is 68.2 Å². The first-order valence-corrected chi connectivity index (χ1v) is 11.3. The highest BCUT2D eigenvalue weighted by Gasteiger charge is 2.21. The maximum Gasteiger partial charge on any atom is 0.219 e. The van der Waals surface area contributed by atoms with Gasteiger partial charge in [-0.2, -0.15) is 0 Å². The van der Waals surface area contributed by atoms with Gasteiger partial charge >= 0.3 is 0 Å². The molecule has 0 saturated carbocycles. The molecule has 0 amide bonds. The minimum absolute atomic E-state index is 0. The van der Waals surface area contributed by atoms with Gasteiger partial charge in [-0.1, -0.05) is 6.07 Å². The molecule has 1 aliphatic heterocycles. The van der Waals surface area contributed by atoms with E-state index in [1.807, 2.05) is 31.3 Å². The summed E-state index contributed by atoms with van der Waals surface area (Å²) in [5.74, 6) is 2.30. The van der Waals surface area contributed by atoms with Crippen molar-refractivity contribution in [2.75, 3.05) is 40.5 Å². The van der Waals surface area contributed by atoms with Gasteiger partial charge in [0.05, 0.1) is 6.10 Å². The lowest BCUT2D eigenvalue weighted by Gasteiger charge is -2.34. The van der Waals surface area contributed by atoms with Gasteiger partial charge in [-0.05, 0) is 68.0 Å². The number of hydrogen-bond donors (Lipinski definition) is 1. The number of rotatable bonds is 9. The monoisotopic (exact) mass is 568 g/mol. The number of aromatic nitrogens is 1. The molecule has 1 aliphatic rings. The quantitative estimate of drug-likeness (QED) is 0.205. The third-order valence-corrected chi connectivity index (χ3v) is 5.75. The van der Waals surface area contributed by atoms with Crippen LogP contribution in [-0.2, 0) is 16.0 Å². The lowest BCUT2D eigenvalue weighted by molar-refractivity contribution is 0.00989. The Morgan fingerprint density at radius 1 is 1.12 bits per heavy atom. The second-order valence-electron chi connectivity index (χ2n) is 8.15. The van der Waals surface area contributed by atoms with Gasteiger partial charge in [-0.15, -0.1) is 24.0 Å². The Labute approximate surface area is 215 Å². The van der Waals surface area contributed by atoms with Crippen molar-refractivity contribution >= 4 is 29.9 Å². The molecule has 1 aromatic heterocycles. The van der Waals surface area contributed by atoms with Crippen LogP contribution in [0.5, 0.6) is 11.6 Å². The molecule has 1 saturated heterocycles. The fraction of sp³-hybridized carbons (Fsp3) is 0.520. The van der Waals surface area contributed by atoms with Crippen LogP contribution < -0.4 is 10.1 Å². The summed E-state index contributed by atoms with van der Waals surface area (Å²) >= 11 is 0. The van der Waals surface area contributed by atoms with E-state index in [-0.39, 0.29) is 24.0 Å². The Balaban J connectivity index is 0.00000385. The molecule has 33 heavy (non-hydrogen) atoms. The zero-order valence-corrected chi connectivity index (χ0v) is 22.5. The first kappa shape index (κ1) is 27.3. The molecule has 1 N–H and O–H groups in total. The van der Waals surface area contributed by atoms with E-state index in [1.165, 1.54) is 11.1 Å². The maximum atomic E-state index is 5.96. The molecule has 7 nitrogen and oxygen atoms in total. The van der Waals surface area contributed by atoms with Gasteiger partial charge in [0.15, 0.2) is 5.96 Å². The Morgan fingerprint density at radius 3 is 2.61 bits per heavy atom. The average Bonchev–Trinajstić information content (AvgIpc) is 2.81. The van der Waals surface area contributed by atoms with Gasteiger partial charge in [0.1, 0.15) is 5.75 Å². The molecule has 0 aliphatic carbocycles. The fourth-order valence-electron chi connectivity index (χ4n) is 3.72. The van der Waals surface area contributed by atoms with Crippen molar-refractivity contribution in [3.05, 3.63) is 53.2 Å². The Bertz CT molecular complexity index is 886. The molecule has 2 heterocycles. The lowest BCUT2D eigenvalue weighted by atomic mass is 10.1. The summed E-state index contributed by atoms with van der Waals surface area (Å²) in [6.45, 7) is 8.22. The second-order valence-corrected chi connectivity index (χ2v) is 8.15. The third kappa shape index (κ3) is 8.75. The highest BCUT2D eigenvalue weighted by Crippen LogP contribution is 2.23. The van der Waals surface area contributed by atoms with Crippen molar-refractivity contribution in [2.24, 2.45) is 4.99 Å². The molecule has 1 fully saturated rings. The van der Waals surface area contributed by atoms with Gasteiger partial charge in [0.2, 0.25) is 5.88 Å². The summed E-state index contributed by atoms with van der Waals surface area (Å²) in [4.78, 5) is 11.1. The second kappa shape index (κ2) is 14.4. The molecule has 1 aromatic carbocycles. The summed E-state index contributed by atoms with van der Waals surface area (Å²) in [5, 5.41) is 3.47. The standard InChI is InChI=1S/C25H36N4O3.HI/c1-19-6-7-23(16-20(19)2)32-24-17-21(8-11-27-24)18-28-25(26-3)29-12-9-22(10-13-29)31-15-5-14-30-4;/h6-8,11,16-17,22H,5,9-10,12-15,18H2,1-4H3,(H,26,28);1H. The number of pyridine rings is 1. The van der Waals surface area contributed by atoms with Crippen LogP contribution in [0, 0.1) is 13.8 Å². The van der Waals surface area contributed by atoms with E-state index in [0.717, 1.165) is 62.8 Å². The number of piperidine rings is 1. The summed E-state index contributed by atoms with van der Waals surface area (Å²) in [5.41, 5.74) is 3.54. The number of halogens is 1. The molecule has 8 heteroatoms. The van der Waals surface area contributed by atoms with Gasteiger partial charge in [0.25, 0.3) is 0 Å². The van der Waals surface area contributed by atoms with Crippen LogP contribution in [0.3, 0.4) is 0 Å². The number of benzene rings is 1. The van der Waals surface area contributed by atoms with Crippen molar-refractivity contribution in [3.63, 3.8) is 0 Å². The summed E-state index contributed by atoms with van der Waals surface area (Å²) < 4.78 is 17.0. The largest absolute Gasteiger partial charge is 0.439 e. The minimum atomic E-state index is 0. The highest BCUT2D eigenvalue weighted by molar-refractivity contribution is 14.0. The molecule has 0 radical (unpaired) electrons. The minimum Gasteiger partial charge on any atom is -0.439 e. The first-order valence-electron chi connectivity index (χ1n) is 11.3. The number of likely N-dealkylation sites (tertiary alicyclic amines) is 1. The summed E-state index contributed by atoms with van der Waals surface area (Å²) in [6.07, 6.45) is 5.07. The van der Waals surface area contributed by atoms with E-state index >= 15 is 0 Å². The zero-order chi connectivity index (χ0) is 22.8. The van der Waals surface area contributed by atoms with E-state index in [2.05, 4.69) is 40.1 Å². The van der Waals surface area contributed by atoms with Crippen molar-refractivity contribution in [2.45, 2.75) is 45.8 Å². The molecular weight excluding hydrogens is 531 g/mol. The van der Waals surface area contributed by atoms with Gasteiger partial charge < -0.3 is 24.4 Å². The van der Waals surface area contributed by atoms with Gasteiger partial charge in [0, 0.05) is 59.3 Å². The van der Waals surface area contributed by atoms with Crippen LogP contribution in [0.1, 0.15) is 36.0 Å². The fourth-order valence-corrected chi connectivity index (χ4v) is 3.72. The van der Waals surface area contributed by atoms with Crippen molar-refractivity contribution in [1.82, 2.24) is 15.2 Å². The Hall–Kier alpha value is -1.91. The molecule has 0 spiro atoms. The molecular formula is C25H37IN4O3. The SMILES string of the molecule is CN=C(NCc1ccnc(Oc2ccc(C)c(C)c2)c1)N1CCC(OCCCOC)CC1.I. The van der Waals surface area contributed by atoms with E-state index in [4.69, 9.17) is 14.2 Å². The third-order valence-electron chi connectivity index (χ3n) is 5.75. The van der Waals surface area contributed by atoms with E-state index in [1.54, 1.807) is 13.3 Å². The normalized spacial score (nSPS) is 14.7. The van der Waals surface area contributed by atoms with Crippen LogP contribution in [-0.4, -0.2) is 62.4 Å².